The van der Waals surface area contributed by atoms with Crippen molar-refractivity contribution in [2.75, 3.05) is 11.9 Å². The molecule has 0 aliphatic heterocycles. The van der Waals surface area contributed by atoms with Crippen LogP contribution in [0, 0.1) is 10.1 Å². The number of carbonyl (C=O) groups excluding carboxylic acids is 1. The van der Waals surface area contributed by atoms with E-state index in [1.807, 2.05) is 0 Å². The van der Waals surface area contributed by atoms with Crippen LogP contribution < -0.4 is 14.8 Å². The maximum atomic E-state index is 12.2. The van der Waals surface area contributed by atoms with E-state index < -0.39 is 20.9 Å². The standard InChI is InChI=1S/C17H17N3O6S/c21-17(11-26-15-5-2-4-14(10-15)20(22)23)18-13-3-1-6-16(9-13)27(24,25)19-12-7-8-12/h1-6,9-10,12,19H,7-8,11H2,(H,18,21). The van der Waals surface area contributed by atoms with Crippen molar-refractivity contribution in [2.45, 2.75) is 23.8 Å². The number of amides is 1. The lowest BCUT2D eigenvalue weighted by molar-refractivity contribution is -0.384. The summed E-state index contributed by atoms with van der Waals surface area (Å²) in [4.78, 5) is 22.3. The fourth-order valence-corrected chi connectivity index (χ4v) is 3.61. The molecule has 27 heavy (non-hydrogen) atoms. The van der Waals surface area contributed by atoms with Gasteiger partial charge in [0.2, 0.25) is 10.0 Å². The number of sulfonamides is 1. The predicted octanol–water partition coefficient (Wildman–Crippen LogP) is 2.05. The van der Waals surface area contributed by atoms with Crippen LogP contribution in [-0.4, -0.2) is 31.9 Å². The molecule has 1 aliphatic rings. The van der Waals surface area contributed by atoms with Gasteiger partial charge in [-0.05, 0) is 37.1 Å². The zero-order chi connectivity index (χ0) is 19.4. The molecule has 0 atom stereocenters. The molecule has 2 aromatic carbocycles. The van der Waals surface area contributed by atoms with Crippen LogP contribution in [0.15, 0.2) is 53.4 Å². The molecule has 2 aromatic rings. The highest BCUT2D eigenvalue weighted by Gasteiger charge is 2.28. The molecule has 9 nitrogen and oxygen atoms in total. The van der Waals surface area contributed by atoms with Gasteiger partial charge in [0.05, 0.1) is 15.9 Å². The third-order valence-electron chi connectivity index (χ3n) is 3.73. The van der Waals surface area contributed by atoms with Crippen molar-refractivity contribution in [2.24, 2.45) is 0 Å². The Morgan fingerprint density at radius 3 is 2.63 bits per heavy atom. The number of nitro groups is 1. The van der Waals surface area contributed by atoms with Crippen LogP contribution in [0.2, 0.25) is 0 Å². The van der Waals surface area contributed by atoms with Crippen molar-refractivity contribution in [3.63, 3.8) is 0 Å². The molecule has 10 heteroatoms. The maximum Gasteiger partial charge on any atom is 0.273 e. The first-order valence-corrected chi connectivity index (χ1v) is 9.61. The average molecular weight is 391 g/mol. The first-order valence-electron chi connectivity index (χ1n) is 8.13. The third kappa shape index (κ3) is 5.25. The summed E-state index contributed by atoms with van der Waals surface area (Å²) >= 11 is 0. The molecule has 0 heterocycles. The second-order valence-electron chi connectivity index (χ2n) is 6.01. The number of anilines is 1. The van der Waals surface area contributed by atoms with E-state index in [4.69, 9.17) is 4.74 Å². The largest absolute Gasteiger partial charge is 0.484 e. The fraction of sp³-hybridized carbons (Fsp3) is 0.235. The molecular formula is C17H17N3O6S. The van der Waals surface area contributed by atoms with Gasteiger partial charge in [-0.15, -0.1) is 0 Å². The van der Waals surface area contributed by atoms with E-state index in [2.05, 4.69) is 10.0 Å². The second-order valence-corrected chi connectivity index (χ2v) is 7.73. The number of nitrogens with one attached hydrogen (secondary N) is 2. The van der Waals surface area contributed by atoms with Gasteiger partial charge in [-0.2, -0.15) is 0 Å². The van der Waals surface area contributed by atoms with Crippen LogP contribution >= 0.6 is 0 Å². The van der Waals surface area contributed by atoms with Crippen molar-refractivity contribution in [3.8, 4) is 5.75 Å². The molecule has 1 amide bonds. The van der Waals surface area contributed by atoms with Crippen molar-refractivity contribution in [1.82, 2.24) is 4.72 Å². The first kappa shape index (κ1) is 18.8. The average Bonchev–Trinajstić information content (AvgIpc) is 3.44. The monoisotopic (exact) mass is 391 g/mol. The van der Waals surface area contributed by atoms with Crippen molar-refractivity contribution >= 4 is 27.3 Å². The Morgan fingerprint density at radius 1 is 1.19 bits per heavy atom. The molecule has 0 aromatic heterocycles. The van der Waals surface area contributed by atoms with Gasteiger partial charge in [-0.1, -0.05) is 12.1 Å². The van der Waals surface area contributed by atoms with Gasteiger partial charge in [0.1, 0.15) is 5.75 Å². The summed E-state index contributed by atoms with van der Waals surface area (Å²) in [7, 11) is -3.62. The summed E-state index contributed by atoms with van der Waals surface area (Å²) < 4.78 is 32.2. The highest BCUT2D eigenvalue weighted by molar-refractivity contribution is 7.89. The molecule has 1 aliphatic carbocycles. The van der Waals surface area contributed by atoms with Crippen molar-refractivity contribution in [3.05, 3.63) is 58.6 Å². The molecule has 1 fully saturated rings. The topological polar surface area (TPSA) is 128 Å². The Labute approximate surface area is 155 Å². The summed E-state index contributed by atoms with van der Waals surface area (Å²) in [6.45, 7) is -0.377. The number of hydrogen-bond donors (Lipinski definition) is 2. The molecule has 0 bridgehead atoms. The predicted molar refractivity (Wildman–Crippen MR) is 97.0 cm³/mol. The number of benzene rings is 2. The second kappa shape index (κ2) is 7.72. The Hall–Kier alpha value is -2.98. The minimum Gasteiger partial charge on any atom is -0.484 e. The minimum absolute atomic E-state index is 0.0171. The number of nitro benzene ring substituents is 1. The van der Waals surface area contributed by atoms with Crippen LogP contribution in [0.4, 0.5) is 11.4 Å². The first-order chi connectivity index (χ1) is 12.8. The number of non-ortho nitro benzene ring substituents is 1. The molecular weight excluding hydrogens is 374 g/mol. The number of hydrogen-bond acceptors (Lipinski definition) is 6. The van der Waals surface area contributed by atoms with E-state index in [9.17, 15) is 23.3 Å². The van der Waals surface area contributed by atoms with Gasteiger partial charge in [0, 0.05) is 17.8 Å². The minimum atomic E-state index is -3.62. The van der Waals surface area contributed by atoms with Gasteiger partial charge in [-0.3, -0.25) is 14.9 Å². The van der Waals surface area contributed by atoms with Crippen LogP contribution in [0.5, 0.6) is 5.75 Å². The van der Waals surface area contributed by atoms with Crippen molar-refractivity contribution in [1.29, 1.82) is 0 Å². The smallest absolute Gasteiger partial charge is 0.273 e. The zero-order valence-electron chi connectivity index (χ0n) is 14.1. The molecule has 2 N–H and O–H groups in total. The van der Waals surface area contributed by atoms with Gasteiger partial charge in [0.25, 0.3) is 11.6 Å². The van der Waals surface area contributed by atoms with Gasteiger partial charge in [-0.25, -0.2) is 13.1 Å². The molecule has 1 saturated carbocycles. The zero-order valence-corrected chi connectivity index (χ0v) is 14.9. The Kier molecular flexibility index (Phi) is 5.38. The lowest BCUT2D eigenvalue weighted by atomic mass is 10.3. The van der Waals surface area contributed by atoms with Crippen LogP contribution in [0.1, 0.15) is 12.8 Å². The lowest BCUT2D eigenvalue weighted by Crippen LogP contribution is -2.26. The van der Waals surface area contributed by atoms with E-state index in [-0.39, 0.29) is 29.0 Å². The number of ether oxygens (including phenoxy) is 1. The van der Waals surface area contributed by atoms with Gasteiger partial charge in [0.15, 0.2) is 6.61 Å². The van der Waals surface area contributed by atoms with E-state index in [1.165, 1.54) is 42.5 Å². The number of nitrogens with zero attached hydrogens (tertiary/aromatic N) is 1. The van der Waals surface area contributed by atoms with Gasteiger partial charge >= 0.3 is 0 Å². The summed E-state index contributed by atoms with van der Waals surface area (Å²) in [5.41, 5.74) is 0.162. The normalized spacial score (nSPS) is 13.8. The fourth-order valence-electron chi connectivity index (χ4n) is 2.26. The SMILES string of the molecule is O=C(COc1cccc([N+](=O)[O-])c1)Nc1cccc(S(=O)(=O)NC2CC2)c1. The summed E-state index contributed by atoms with van der Waals surface area (Å²) in [5.74, 6) is -0.337. The van der Waals surface area contributed by atoms with E-state index in [0.717, 1.165) is 12.8 Å². The molecule has 0 unspecified atom stereocenters. The van der Waals surface area contributed by atoms with E-state index in [1.54, 1.807) is 6.07 Å². The lowest BCUT2D eigenvalue weighted by Gasteiger charge is -2.10. The highest BCUT2D eigenvalue weighted by atomic mass is 32.2. The molecule has 0 saturated heterocycles. The quantitative estimate of drug-likeness (QED) is 0.524. The Bertz CT molecular complexity index is 972. The summed E-state index contributed by atoms with van der Waals surface area (Å²) in [6.07, 6.45) is 1.65. The molecule has 0 radical (unpaired) electrons. The summed E-state index contributed by atoms with van der Waals surface area (Å²) in [6, 6.07) is 11.3. The molecule has 0 spiro atoms. The van der Waals surface area contributed by atoms with E-state index >= 15 is 0 Å². The number of rotatable bonds is 8. The molecule has 3 rings (SSSR count). The van der Waals surface area contributed by atoms with Crippen molar-refractivity contribution < 1.29 is 22.9 Å². The Balaban J connectivity index is 1.60. The van der Waals surface area contributed by atoms with Crippen LogP contribution in [0.25, 0.3) is 0 Å². The Morgan fingerprint density at radius 2 is 1.93 bits per heavy atom. The van der Waals surface area contributed by atoms with Crippen LogP contribution in [0.3, 0.4) is 0 Å². The van der Waals surface area contributed by atoms with Gasteiger partial charge < -0.3 is 10.1 Å². The number of carbonyl (C=O) groups is 1. The van der Waals surface area contributed by atoms with Crippen LogP contribution in [-0.2, 0) is 14.8 Å². The maximum absolute atomic E-state index is 12.2. The molecule has 142 valence electrons. The van der Waals surface area contributed by atoms with E-state index in [0.29, 0.717) is 5.69 Å². The third-order valence-corrected chi connectivity index (χ3v) is 5.24. The highest BCUT2D eigenvalue weighted by Crippen LogP contribution is 2.23. The summed E-state index contributed by atoms with van der Waals surface area (Å²) in [5, 5.41) is 13.3.